The number of fused-ring (bicyclic) bond motifs is 3. The van der Waals surface area contributed by atoms with E-state index >= 15 is 0 Å². The van der Waals surface area contributed by atoms with Crippen LogP contribution in [0.3, 0.4) is 0 Å². The lowest BCUT2D eigenvalue weighted by atomic mass is 10.1. The molecule has 1 aromatic heterocycles. The van der Waals surface area contributed by atoms with Crippen molar-refractivity contribution in [3.63, 3.8) is 0 Å². The quantitative estimate of drug-likeness (QED) is 0.484. The number of hydrogen-bond acceptors (Lipinski definition) is 1. The van der Waals surface area contributed by atoms with Gasteiger partial charge in [0.25, 0.3) is 0 Å². The molecule has 0 radical (unpaired) electrons. The fourth-order valence-corrected chi connectivity index (χ4v) is 11.9. The third kappa shape index (κ3) is 1.90. The Morgan fingerprint density at radius 2 is 1.25 bits per heavy atom. The van der Waals surface area contributed by atoms with Gasteiger partial charge in [-0.25, -0.2) is 0 Å². The maximum absolute atomic E-state index is 2.36. The lowest BCUT2D eigenvalue weighted by Crippen LogP contribution is -2.64. The first-order chi connectivity index (χ1) is 11.9. The van der Waals surface area contributed by atoms with E-state index in [0.717, 1.165) is 0 Å². The minimum absolute atomic E-state index is 1.22. The van der Waals surface area contributed by atoms with E-state index in [2.05, 4.69) is 84.9 Å². The van der Waals surface area contributed by atoms with Crippen molar-refractivity contribution >= 4 is 44.4 Å². The first-order valence-electron chi connectivity index (χ1n) is 8.51. The van der Waals surface area contributed by atoms with Gasteiger partial charge < -0.3 is 0 Å². The van der Waals surface area contributed by atoms with Crippen LogP contribution >= 0.6 is 11.3 Å². The van der Waals surface area contributed by atoms with Crippen LogP contribution < -0.4 is 14.9 Å². The summed E-state index contributed by atoms with van der Waals surface area (Å²) in [6.07, 6.45) is 1.22. The highest BCUT2D eigenvalue weighted by molar-refractivity contribution is 7.37. The molecule has 24 heavy (non-hydrogen) atoms. The second-order valence-corrected chi connectivity index (χ2v) is 11.9. The van der Waals surface area contributed by atoms with Gasteiger partial charge in [-0.2, -0.15) is 0 Å². The maximum Gasteiger partial charge on any atom is 0.161 e. The van der Waals surface area contributed by atoms with Crippen LogP contribution in [0.15, 0.2) is 84.9 Å². The van der Waals surface area contributed by atoms with Crippen LogP contribution in [0.25, 0.3) is 10.1 Å². The number of rotatable bonds is 2. The second-order valence-electron chi connectivity index (χ2n) is 6.54. The first-order valence-corrected chi connectivity index (χ1v) is 11.5. The average molecular weight is 343 g/mol. The minimum Gasteiger partial charge on any atom is -0.144 e. The molecule has 0 saturated carbocycles. The molecule has 0 amide bonds. The molecule has 0 atom stereocenters. The Hall–Kier alpha value is -2.16. The Balaban J connectivity index is 1.86. The van der Waals surface area contributed by atoms with Gasteiger partial charge in [0.15, 0.2) is 8.07 Å². The van der Waals surface area contributed by atoms with Crippen LogP contribution in [0.1, 0.15) is 5.56 Å². The second kappa shape index (κ2) is 5.44. The summed E-state index contributed by atoms with van der Waals surface area (Å²) in [5, 5.41) is 4.60. The van der Waals surface area contributed by atoms with Gasteiger partial charge >= 0.3 is 0 Å². The number of aryl methyl sites for hydroxylation is 1. The van der Waals surface area contributed by atoms with Crippen molar-refractivity contribution in [2.45, 2.75) is 12.5 Å². The molecule has 3 aromatic carbocycles. The Morgan fingerprint density at radius 3 is 1.92 bits per heavy atom. The Morgan fingerprint density at radius 1 is 0.667 bits per heavy atom. The topological polar surface area (TPSA) is 0 Å². The van der Waals surface area contributed by atoms with Crippen molar-refractivity contribution in [3.8, 4) is 0 Å². The maximum atomic E-state index is 2.36. The van der Waals surface area contributed by atoms with Gasteiger partial charge in [-0.15, -0.1) is 11.3 Å². The molecule has 0 fully saturated rings. The standard InChI is InChI=1S/C22H18SSi/c1-3-9-17(10-4-1)24(18-11-5-2-6-12-18)16-15-20-19-13-7-8-14-21(19)23-22(20)24/h1-14H,15-16H2. The summed E-state index contributed by atoms with van der Waals surface area (Å²) in [5.41, 5.74) is 1.62. The van der Waals surface area contributed by atoms with Gasteiger partial charge in [0.1, 0.15) is 0 Å². The zero-order chi connectivity index (χ0) is 16.0. The van der Waals surface area contributed by atoms with Gasteiger partial charge in [0, 0.05) is 9.20 Å². The van der Waals surface area contributed by atoms with Crippen LogP contribution in [0.5, 0.6) is 0 Å². The largest absolute Gasteiger partial charge is 0.161 e. The number of thiophene rings is 1. The van der Waals surface area contributed by atoms with E-state index in [4.69, 9.17) is 0 Å². The molecule has 2 heteroatoms. The van der Waals surface area contributed by atoms with Gasteiger partial charge in [-0.3, -0.25) is 0 Å². The molecule has 5 rings (SSSR count). The SMILES string of the molecule is c1ccc([Si]2(c3ccccc3)CCc3c2sc2ccccc32)cc1. The summed E-state index contributed by atoms with van der Waals surface area (Å²) in [6.45, 7) is 0. The normalized spacial score (nSPS) is 15.5. The smallest absolute Gasteiger partial charge is 0.144 e. The molecule has 1 aliphatic rings. The molecule has 0 saturated heterocycles. The van der Waals surface area contributed by atoms with Crippen molar-refractivity contribution in [2.24, 2.45) is 0 Å². The Kier molecular flexibility index (Phi) is 3.22. The average Bonchev–Trinajstić information content (AvgIpc) is 3.21. The van der Waals surface area contributed by atoms with E-state index in [1.165, 1.54) is 22.6 Å². The number of benzene rings is 3. The summed E-state index contributed by atoms with van der Waals surface area (Å²) in [4.78, 5) is 0. The highest BCUT2D eigenvalue weighted by Crippen LogP contribution is 2.34. The van der Waals surface area contributed by atoms with Gasteiger partial charge in [-0.1, -0.05) is 78.9 Å². The molecule has 4 aromatic rings. The predicted molar refractivity (Wildman–Crippen MR) is 108 cm³/mol. The fraction of sp³-hybridized carbons (Fsp3) is 0.0909. The molecule has 0 nitrogen and oxygen atoms in total. The summed E-state index contributed by atoms with van der Waals surface area (Å²) < 4.78 is 3.13. The van der Waals surface area contributed by atoms with Crippen LogP contribution in [0.2, 0.25) is 6.04 Å². The van der Waals surface area contributed by atoms with Crippen molar-refractivity contribution in [1.82, 2.24) is 0 Å². The summed E-state index contributed by atoms with van der Waals surface area (Å²) in [5.74, 6) is 0. The van der Waals surface area contributed by atoms with E-state index in [-0.39, 0.29) is 0 Å². The molecule has 1 aliphatic heterocycles. The zero-order valence-electron chi connectivity index (χ0n) is 13.4. The van der Waals surface area contributed by atoms with Gasteiger partial charge in [-0.05, 0) is 39.9 Å². The van der Waals surface area contributed by atoms with E-state index in [1.54, 1.807) is 20.4 Å². The van der Waals surface area contributed by atoms with E-state index in [0.29, 0.717) is 0 Å². The van der Waals surface area contributed by atoms with Crippen LogP contribution in [-0.4, -0.2) is 8.07 Å². The molecule has 0 aliphatic carbocycles. The van der Waals surface area contributed by atoms with E-state index < -0.39 is 8.07 Å². The van der Waals surface area contributed by atoms with E-state index in [9.17, 15) is 0 Å². The third-order valence-corrected chi connectivity index (χ3v) is 12.5. The number of hydrogen-bond donors (Lipinski definition) is 0. The molecule has 116 valence electrons. The van der Waals surface area contributed by atoms with E-state index in [1.807, 2.05) is 11.3 Å². The summed E-state index contributed by atoms with van der Waals surface area (Å²) in [6, 6.07) is 32.8. The molecule has 0 unspecified atom stereocenters. The summed E-state index contributed by atoms with van der Waals surface area (Å²) >= 11 is 2.04. The van der Waals surface area contributed by atoms with Gasteiger partial charge in [0.05, 0.1) is 0 Å². The highest BCUT2D eigenvalue weighted by atomic mass is 32.1. The van der Waals surface area contributed by atoms with Crippen LogP contribution in [0, 0.1) is 0 Å². The van der Waals surface area contributed by atoms with Crippen molar-refractivity contribution in [3.05, 3.63) is 90.5 Å². The fourth-order valence-electron chi connectivity index (χ4n) is 4.28. The molecule has 0 N–H and O–H groups in total. The molecule has 0 spiro atoms. The first kappa shape index (κ1) is 14.2. The predicted octanol–water partition coefficient (Wildman–Crippen LogP) is 3.93. The third-order valence-electron chi connectivity index (χ3n) is 5.37. The van der Waals surface area contributed by atoms with Crippen LogP contribution in [-0.2, 0) is 6.42 Å². The minimum atomic E-state index is -1.87. The lowest BCUT2D eigenvalue weighted by molar-refractivity contribution is 1.18. The van der Waals surface area contributed by atoms with Crippen molar-refractivity contribution in [2.75, 3.05) is 0 Å². The summed E-state index contributed by atoms with van der Waals surface area (Å²) in [7, 11) is -1.87. The highest BCUT2D eigenvalue weighted by Gasteiger charge is 2.46. The van der Waals surface area contributed by atoms with Crippen LogP contribution in [0.4, 0.5) is 0 Å². The van der Waals surface area contributed by atoms with Crippen molar-refractivity contribution < 1.29 is 0 Å². The molecule has 2 heterocycles. The molecular weight excluding hydrogens is 324 g/mol. The lowest BCUT2D eigenvalue weighted by Gasteiger charge is -2.28. The molecular formula is C22H18SSi. The van der Waals surface area contributed by atoms with Gasteiger partial charge in [0.2, 0.25) is 0 Å². The zero-order valence-corrected chi connectivity index (χ0v) is 15.2. The van der Waals surface area contributed by atoms with Crippen molar-refractivity contribution in [1.29, 1.82) is 0 Å². The Labute approximate surface area is 147 Å². The molecule has 0 bridgehead atoms. The monoisotopic (exact) mass is 342 g/mol. The Bertz CT molecular complexity index is 963.